The van der Waals surface area contributed by atoms with Crippen molar-refractivity contribution in [3.05, 3.63) is 18.1 Å². The number of hydrogen-bond acceptors (Lipinski definition) is 5. The fourth-order valence-corrected chi connectivity index (χ4v) is 2.54. The summed E-state index contributed by atoms with van der Waals surface area (Å²) in [5, 5.41) is 11.6. The van der Waals surface area contributed by atoms with Gasteiger partial charge in [0.15, 0.2) is 0 Å². The smallest absolute Gasteiger partial charge is 0.305 e. The van der Waals surface area contributed by atoms with Crippen LogP contribution in [-0.2, 0) is 9.59 Å². The van der Waals surface area contributed by atoms with Crippen LogP contribution in [0.3, 0.4) is 0 Å². The van der Waals surface area contributed by atoms with Gasteiger partial charge in [-0.3, -0.25) is 14.6 Å². The van der Waals surface area contributed by atoms with E-state index in [1.54, 1.807) is 19.3 Å². The molecule has 1 amide bonds. The van der Waals surface area contributed by atoms with E-state index in [2.05, 4.69) is 15.3 Å². The molecular formula is C14H20N4O3. The van der Waals surface area contributed by atoms with Crippen LogP contribution in [0.4, 0.5) is 5.82 Å². The Bertz CT molecular complexity index is 521. The summed E-state index contributed by atoms with van der Waals surface area (Å²) in [6.45, 7) is 2.62. The minimum atomic E-state index is -0.860. The average molecular weight is 292 g/mol. The molecule has 1 aliphatic heterocycles. The molecule has 1 atom stereocenters. The van der Waals surface area contributed by atoms with Gasteiger partial charge in [0, 0.05) is 20.0 Å². The number of aromatic nitrogens is 2. The molecule has 0 aliphatic carbocycles. The maximum atomic E-state index is 11.7. The van der Waals surface area contributed by atoms with Crippen LogP contribution >= 0.6 is 0 Å². The van der Waals surface area contributed by atoms with Crippen molar-refractivity contribution in [2.75, 3.05) is 18.4 Å². The van der Waals surface area contributed by atoms with Crippen molar-refractivity contribution in [3.8, 4) is 0 Å². The number of nitrogens with zero attached hydrogens (tertiary/aromatic N) is 3. The molecule has 0 saturated carbocycles. The first-order chi connectivity index (χ1) is 10.1. The summed E-state index contributed by atoms with van der Waals surface area (Å²) in [5.74, 6) is -0.268. The summed E-state index contributed by atoms with van der Waals surface area (Å²) in [4.78, 5) is 32.6. The first-order valence-corrected chi connectivity index (χ1v) is 7.12. The first kappa shape index (κ1) is 15.2. The zero-order chi connectivity index (χ0) is 15.2. The number of anilines is 1. The van der Waals surface area contributed by atoms with Crippen LogP contribution in [0.2, 0.25) is 0 Å². The zero-order valence-corrected chi connectivity index (χ0v) is 12.1. The van der Waals surface area contributed by atoms with Gasteiger partial charge in [-0.05, 0) is 19.3 Å². The molecule has 2 heterocycles. The number of piperidine rings is 1. The Morgan fingerprint density at radius 3 is 2.95 bits per heavy atom. The van der Waals surface area contributed by atoms with Crippen LogP contribution in [0, 0.1) is 0 Å². The summed E-state index contributed by atoms with van der Waals surface area (Å²) in [5.41, 5.74) is 0.755. The highest BCUT2D eigenvalue weighted by Gasteiger charge is 2.27. The second kappa shape index (κ2) is 7.01. The number of carbonyl (C=O) groups excluding carboxylic acids is 1. The molecule has 0 bridgehead atoms. The summed E-state index contributed by atoms with van der Waals surface area (Å²) in [6, 6.07) is -0.0371. The van der Waals surface area contributed by atoms with E-state index in [-0.39, 0.29) is 18.4 Å². The van der Waals surface area contributed by atoms with Crippen LogP contribution in [-0.4, -0.2) is 44.9 Å². The largest absolute Gasteiger partial charge is 0.481 e. The predicted octanol–water partition coefficient (Wildman–Crippen LogP) is 1.44. The van der Waals surface area contributed by atoms with Crippen LogP contribution in [0.25, 0.3) is 0 Å². The average Bonchev–Trinajstić information content (AvgIpc) is 2.47. The van der Waals surface area contributed by atoms with Crippen LogP contribution in [0.5, 0.6) is 0 Å². The van der Waals surface area contributed by atoms with E-state index in [9.17, 15) is 9.59 Å². The lowest BCUT2D eigenvalue weighted by Gasteiger charge is -2.34. The third-order valence-corrected chi connectivity index (χ3v) is 3.55. The molecule has 1 saturated heterocycles. The Balaban J connectivity index is 2.08. The molecule has 7 heteroatoms. The highest BCUT2D eigenvalue weighted by atomic mass is 16.4. The van der Waals surface area contributed by atoms with Crippen molar-refractivity contribution in [3.63, 3.8) is 0 Å². The topological polar surface area (TPSA) is 95.4 Å². The molecule has 0 radical (unpaired) electrons. The number of hydrogen-bond donors (Lipinski definition) is 2. The summed E-state index contributed by atoms with van der Waals surface area (Å²) in [7, 11) is 0. The minimum Gasteiger partial charge on any atom is -0.481 e. The lowest BCUT2D eigenvalue weighted by molar-refractivity contribution is -0.136. The van der Waals surface area contributed by atoms with Gasteiger partial charge in [0.2, 0.25) is 5.91 Å². The van der Waals surface area contributed by atoms with Gasteiger partial charge in [-0.25, -0.2) is 4.98 Å². The van der Waals surface area contributed by atoms with E-state index >= 15 is 0 Å². The molecule has 2 rings (SSSR count). The van der Waals surface area contributed by atoms with Gasteiger partial charge in [-0.1, -0.05) is 0 Å². The summed E-state index contributed by atoms with van der Waals surface area (Å²) < 4.78 is 0. The van der Waals surface area contributed by atoms with E-state index in [0.29, 0.717) is 12.4 Å². The molecule has 0 aromatic carbocycles. The Kier molecular flexibility index (Phi) is 5.08. The lowest BCUT2D eigenvalue weighted by atomic mass is 9.99. The molecule has 114 valence electrons. The Hall–Kier alpha value is -2.18. The quantitative estimate of drug-likeness (QED) is 0.852. The molecule has 0 spiro atoms. The third-order valence-electron chi connectivity index (χ3n) is 3.55. The lowest BCUT2D eigenvalue weighted by Crippen LogP contribution is -2.37. The second-order valence-corrected chi connectivity index (χ2v) is 5.12. The molecule has 1 fully saturated rings. The zero-order valence-electron chi connectivity index (χ0n) is 12.1. The fraction of sp³-hybridized carbons (Fsp3) is 0.571. The Morgan fingerprint density at radius 1 is 1.43 bits per heavy atom. The standard InChI is InChI=1S/C14H20N4O3/c1-10(19)18-7-3-2-4-12(18)11-8-15-9-13(17-11)16-6-5-14(20)21/h8-9,12H,2-7H2,1H3,(H,16,17)(H,20,21). The van der Waals surface area contributed by atoms with E-state index in [1.165, 1.54) is 0 Å². The summed E-state index contributed by atoms with van der Waals surface area (Å²) >= 11 is 0. The molecule has 1 aromatic heterocycles. The predicted molar refractivity (Wildman–Crippen MR) is 76.8 cm³/mol. The van der Waals surface area contributed by atoms with Gasteiger partial charge in [0.25, 0.3) is 0 Å². The summed E-state index contributed by atoms with van der Waals surface area (Å²) in [6.07, 6.45) is 6.22. The molecule has 1 aromatic rings. The highest BCUT2D eigenvalue weighted by Crippen LogP contribution is 2.29. The van der Waals surface area contributed by atoms with E-state index in [4.69, 9.17) is 5.11 Å². The molecule has 1 unspecified atom stereocenters. The van der Waals surface area contributed by atoms with Gasteiger partial charge >= 0.3 is 5.97 Å². The van der Waals surface area contributed by atoms with Gasteiger partial charge < -0.3 is 15.3 Å². The van der Waals surface area contributed by atoms with Crippen molar-refractivity contribution in [1.82, 2.24) is 14.9 Å². The number of aliphatic carboxylic acids is 1. The minimum absolute atomic E-state index is 0.0227. The molecule has 21 heavy (non-hydrogen) atoms. The number of likely N-dealkylation sites (tertiary alicyclic amines) is 1. The number of carboxylic acid groups (broad SMARTS) is 1. The second-order valence-electron chi connectivity index (χ2n) is 5.12. The van der Waals surface area contributed by atoms with E-state index in [0.717, 1.165) is 31.5 Å². The third kappa shape index (κ3) is 4.14. The highest BCUT2D eigenvalue weighted by molar-refractivity contribution is 5.73. The molecule has 2 N–H and O–H groups in total. The number of rotatable bonds is 5. The number of carboxylic acids is 1. The van der Waals surface area contributed by atoms with E-state index in [1.807, 2.05) is 4.90 Å². The number of amides is 1. The normalized spacial score (nSPS) is 18.3. The van der Waals surface area contributed by atoms with Crippen LogP contribution < -0.4 is 5.32 Å². The first-order valence-electron chi connectivity index (χ1n) is 7.12. The number of carbonyl (C=O) groups is 2. The fourth-order valence-electron chi connectivity index (χ4n) is 2.54. The van der Waals surface area contributed by atoms with Gasteiger partial charge in [-0.2, -0.15) is 0 Å². The van der Waals surface area contributed by atoms with Crippen molar-refractivity contribution >= 4 is 17.7 Å². The Labute approximate surface area is 123 Å². The van der Waals surface area contributed by atoms with Gasteiger partial charge in [0.1, 0.15) is 5.82 Å². The SMILES string of the molecule is CC(=O)N1CCCCC1c1cncc(NCCC(=O)O)n1. The van der Waals surface area contributed by atoms with E-state index < -0.39 is 5.97 Å². The monoisotopic (exact) mass is 292 g/mol. The Morgan fingerprint density at radius 2 is 2.24 bits per heavy atom. The number of nitrogens with one attached hydrogen (secondary N) is 1. The van der Waals surface area contributed by atoms with Gasteiger partial charge in [-0.15, -0.1) is 0 Å². The van der Waals surface area contributed by atoms with Crippen LogP contribution in [0.1, 0.15) is 44.3 Å². The van der Waals surface area contributed by atoms with Crippen molar-refractivity contribution < 1.29 is 14.7 Å². The van der Waals surface area contributed by atoms with Crippen molar-refractivity contribution in [1.29, 1.82) is 0 Å². The maximum absolute atomic E-state index is 11.7. The van der Waals surface area contributed by atoms with Crippen molar-refractivity contribution in [2.24, 2.45) is 0 Å². The van der Waals surface area contributed by atoms with Gasteiger partial charge in [0.05, 0.1) is 30.6 Å². The van der Waals surface area contributed by atoms with Crippen molar-refractivity contribution in [2.45, 2.75) is 38.6 Å². The van der Waals surface area contributed by atoms with Crippen LogP contribution in [0.15, 0.2) is 12.4 Å². The maximum Gasteiger partial charge on any atom is 0.305 e. The molecule has 7 nitrogen and oxygen atoms in total. The molecular weight excluding hydrogens is 272 g/mol. The molecule has 1 aliphatic rings.